The van der Waals surface area contributed by atoms with E-state index >= 15 is 0 Å². The summed E-state index contributed by atoms with van der Waals surface area (Å²) in [6.07, 6.45) is 6.48. The number of thiophene rings is 1. The molecule has 0 aliphatic heterocycles. The third-order valence-electron chi connectivity index (χ3n) is 2.90. The number of hydrogen-bond acceptors (Lipinski definition) is 5. The summed E-state index contributed by atoms with van der Waals surface area (Å²) in [6.45, 7) is 1.11. The van der Waals surface area contributed by atoms with Crippen molar-refractivity contribution in [1.29, 1.82) is 0 Å². The first-order valence-corrected chi connectivity index (χ1v) is 10.6. The Hall–Kier alpha value is -0.0800. The number of rotatable bonds is 11. The zero-order chi connectivity index (χ0) is 14.8. The molecule has 0 amide bonds. The topological polar surface area (TPSA) is 58.2 Å². The second-order valence-electron chi connectivity index (χ2n) is 4.54. The molecule has 1 heterocycles. The molecule has 0 saturated heterocycles. The summed E-state index contributed by atoms with van der Waals surface area (Å²) in [5.74, 6) is 1.19. The Bertz CT molecular complexity index is 472. The zero-order valence-corrected chi connectivity index (χ0v) is 14.6. The third kappa shape index (κ3) is 6.13. The predicted octanol–water partition coefficient (Wildman–Crippen LogP) is 2.67. The first-order chi connectivity index (χ1) is 9.61. The van der Waals surface area contributed by atoms with Gasteiger partial charge in [-0.05, 0) is 43.3 Å². The molecule has 0 radical (unpaired) electrons. The molecule has 7 heteroatoms. The van der Waals surface area contributed by atoms with Crippen LogP contribution in [0.4, 0.5) is 0 Å². The summed E-state index contributed by atoms with van der Waals surface area (Å²) in [7, 11) is -1.53. The van der Waals surface area contributed by atoms with Gasteiger partial charge in [-0.3, -0.25) is 0 Å². The Morgan fingerprint density at radius 1 is 1.25 bits per heavy atom. The summed E-state index contributed by atoms with van der Waals surface area (Å²) in [6, 6.07) is 1.68. The highest BCUT2D eigenvalue weighted by atomic mass is 32.2. The Labute approximate surface area is 130 Å². The van der Waals surface area contributed by atoms with Crippen molar-refractivity contribution in [3.05, 3.63) is 16.3 Å². The number of sulfonamides is 1. The highest BCUT2D eigenvalue weighted by molar-refractivity contribution is 7.98. The molecular formula is C13H24N2O2S3. The van der Waals surface area contributed by atoms with Crippen molar-refractivity contribution in [3.8, 4) is 0 Å². The minimum atomic E-state index is -3.35. The van der Waals surface area contributed by atoms with Gasteiger partial charge in [0.1, 0.15) is 0 Å². The molecular weight excluding hydrogens is 312 g/mol. The van der Waals surface area contributed by atoms with Crippen LogP contribution in [0, 0.1) is 0 Å². The summed E-state index contributed by atoms with van der Waals surface area (Å²) >= 11 is 3.33. The van der Waals surface area contributed by atoms with E-state index < -0.39 is 10.0 Å². The first kappa shape index (κ1) is 18.0. The van der Waals surface area contributed by atoms with Crippen molar-refractivity contribution in [2.24, 2.45) is 0 Å². The number of nitrogens with one attached hydrogen (secondary N) is 2. The van der Waals surface area contributed by atoms with Crippen molar-refractivity contribution >= 4 is 33.1 Å². The van der Waals surface area contributed by atoms with Crippen LogP contribution in [0.2, 0.25) is 0 Å². The molecule has 116 valence electrons. The summed E-state index contributed by atoms with van der Waals surface area (Å²) in [5.41, 5.74) is 0. The fourth-order valence-corrected chi connectivity index (χ4v) is 4.89. The Morgan fingerprint density at radius 2 is 2.00 bits per heavy atom. The van der Waals surface area contributed by atoms with Crippen molar-refractivity contribution in [2.75, 3.05) is 25.6 Å². The highest BCUT2D eigenvalue weighted by Crippen LogP contribution is 2.21. The van der Waals surface area contributed by atoms with E-state index in [2.05, 4.69) is 16.3 Å². The van der Waals surface area contributed by atoms with Crippen LogP contribution in [0.1, 0.15) is 30.6 Å². The van der Waals surface area contributed by atoms with Crippen molar-refractivity contribution in [1.82, 2.24) is 10.0 Å². The maximum atomic E-state index is 12.2. The Kier molecular flexibility index (Phi) is 8.79. The molecule has 0 atom stereocenters. The SMILES string of the molecule is CNCc1sccc1S(=O)(=O)NCCCCCCSC. The molecule has 2 N–H and O–H groups in total. The fraction of sp³-hybridized carbons (Fsp3) is 0.692. The van der Waals surface area contributed by atoms with Crippen LogP contribution in [0.3, 0.4) is 0 Å². The van der Waals surface area contributed by atoms with Gasteiger partial charge < -0.3 is 5.32 Å². The van der Waals surface area contributed by atoms with Crippen LogP contribution in [0.15, 0.2) is 16.3 Å². The summed E-state index contributed by atoms with van der Waals surface area (Å²) in [5, 5.41) is 4.82. The molecule has 20 heavy (non-hydrogen) atoms. The van der Waals surface area contributed by atoms with E-state index in [9.17, 15) is 8.42 Å². The maximum absolute atomic E-state index is 12.2. The van der Waals surface area contributed by atoms with Gasteiger partial charge in [0.25, 0.3) is 0 Å². The smallest absolute Gasteiger partial charge is 0.241 e. The van der Waals surface area contributed by atoms with Gasteiger partial charge >= 0.3 is 0 Å². The van der Waals surface area contributed by atoms with Gasteiger partial charge in [0.15, 0.2) is 0 Å². The van der Waals surface area contributed by atoms with Crippen molar-refractivity contribution < 1.29 is 8.42 Å². The molecule has 1 rings (SSSR count). The lowest BCUT2D eigenvalue weighted by atomic mass is 10.2. The van der Waals surface area contributed by atoms with Gasteiger partial charge in [0.05, 0.1) is 4.90 Å². The average Bonchev–Trinajstić information content (AvgIpc) is 2.87. The van der Waals surface area contributed by atoms with Crippen molar-refractivity contribution in [3.63, 3.8) is 0 Å². The quantitative estimate of drug-likeness (QED) is 0.610. The Morgan fingerprint density at radius 3 is 2.70 bits per heavy atom. The standard InChI is InChI=1S/C13H24N2O2S3/c1-14-11-12-13(7-10-19-12)20(16,17)15-8-5-3-4-6-9-18-2/h7,10,14-15H,3-6,8-9,11H2,1-2H3. The van der Waals surface area contributed by atoms with Crippen LogP contribution in [0.25, 0.3) is 0 Å². The highest BCUT2D eigenvalue weighted by Gasteiger charge is 2.18. The second kappa shape index (κ2) is 9.78. The fourth-order valence-electron chi connectivity index (χ4n) is 1.87. The third-order valence-corrected chi connectivity index (χ3v) is 6.19. The lowest BCUT2D eigenvalue weighted by molar-refractivity contribution is 0.573. The van der Waals surface area contributed by atoms with Gasteiger partial charge in [-0.1, -0.05) is 12.8 Å². The number of unbranched alkanes of at least 4 members (excludes halogenated alkanes) is 3. The van der Waals surface area contributed by atoms with E-state index in [1.807, 2.05) is 24.2 Å². The van der Waals surface area contributed by atoms with E-state index in [0.29, 0.717) is 18.0 Å². The normalized spacial score (nSPS) is 11.9. The van der Waals surface area contributed by atoms with Crippen LogP contribution in [-0.2, 0) is 16.6 Å². The van der Waals surface area contributed by atoms with Crippen LogP contribution < -0.4 is 10.0 Å². The van der Waals surface area contributed by atoms with E-state index in [4.69, 9.17) is 0 Å². The van der Waals surface area contributed by atoms with Crippen LogP contribution in [0.5, 0.6) is 0 Å². The summed E-state index contributed by atoms with van der Waals surface area (Å²) < 4.78 is 27.1. The lowest BCUT2D eigenvalue weighted by Gasteiger charge is -2.07. The minimum Gasteiger partial charge on any atom is -0.315 e. The molecule has 1 aromatic rings. The molecule has 1 aromatic heterocycles. The van der Waals surface area contributed by atoms with Gasteiger partial charge in [-0.15, -0.1) is 11.3 Å². The van der Waals surface area contributed by atoms with E-state index in [0.717, 1.165) is 17.7 Å². The zero-order valence-electron chi connectivity index (χ0n) is 12.1. The van der Waals surface area contributed by atoms with Gasteiger partial charge in [-0.25, -0.2) is 13.1 Å². The molecule has 0 bridgehead atoms. The van der Waals surface area contributed by atoms with Gasteiger partial charge in [0, 0.05) is 18.0 Å². The second-order valence-corrected chi connectivity index (χ2v) is 8.26. The molecule has 0 aliphatic carbocycles. The molecule has 4 nitrogen and oxygen atoms in total. The monoisotopic (exact) mass is 336 g/mol. The number of hydrogen-bond donors (Lipinski definition) is 2. The van der Waals surface area contributed by atoms with Gasteiger partial charge in [0.2, 0.25) is 10.0 Å². The van der Waals surface area contributed by atoms with E-state index in [-0.39, 0.29) is 0 Å². The predicted molar refractivity (Wildman–Crippen MR) is 89.1 cm³/mol. The van der Waals surface area contributed by atoms with E-state index in [1.54, 1.807) is 6.07 Å². The number of thioether (sulfide) groups is 1. The average molecular weight is 337 g/mol. The molecule has 0 aliphatic rings. The molecule has 0 spiro atoms. The van der Waals surface area contributed by atoms with Crippen LogP contribution in [-0.4, -0.2) is 34.0 Å². The lowest BCUT2D eigenvalue weighted by Crippen LogP contribution is -2.25. The maximum Gasteiger partial charge on any atom is 0.241 e. The molecule has 0 fully saturated rings. The largest absolute Gasteiger partial charge is 0.315 e. The van der Waals surface area contributed by atoms with Crippen LogP contribution >= 0.6 is 23.1 Å². The Balaban J connectivity index is 2.36. The molecule has 0 aromatic carbocycles. The molecule has 0 saturated carbocycles. The van der Waals surface area contributed by atoms with Gasteiger partial charge in [-0.2, -0.15) is 11.8 Å². The summed E-state index contributed by atoms with van der Waals surface area (Å²) in [4.78, 5) is 1.28. The van der Waals surface area contributed by atoms with Crippen molar-refractivity contribution in [2.45, 2.75) is 37.1 Å². The van der Waals surface area contributed by atoms with E-state index in [1.165, 1.54) is 29.9 Å². The first-order valence-electron chi connectivity index (χ1n) is 6.81. The molecule has 0 unspecified atom stereocenters. The minimum absolute atomic E-state index is 0.416.